The highest BCUT2D eigenvalue weighted by Crippen LogP contribution is 2.49. The van der Waals surface area contributed by atoms with E-state index in [4.69, 9.17) is 13.8 Å². The van der Waals surface area contributed by atoms with Crippen molar-refractivity contribution in [1.29, 1.82) is 0 Å². The van der Waals surface area contributed by atoms with E-state index < -0.39 is 0 Å². The Hall–Kier alpha value is -9.39. The van der Waals surface area contributed by atoms with Gasteiger partial charge in [-0.2, -0.15) is 0 Å². The smallest absolute Gasteiger partial charge is 0.227 e. The molecule has 13 aromatic rings. The number of para-hydroxylation sites is 5. The standard InChI is InChI=1S/C63H42N4O2/c1-6-19-45(20-7-1)63-64-56-38-36-44-34-33-43-35-37-52(40-55(43)60(44)62(56)69-63)66(51-30-18-29-50(39-51)65(46-21-8-2-9-22-46)47-23-10-3-11-24-47)53-41-57(61-54-31-16-17-32-58(54)68-59(61)42-53)67(48-25-12-4-13-26-48)49-27-14-5-15-28-49/h1-42H. The molecule has 69 heavy (non-hydrogen) atoms. The van der Waals surface area contributed by atoms with Gasteiger partial charge in [-0.25, -0.2) is 4.98 Å². The molecule has 6 heteroatoms. The number of hydrogen-bond donors (Lipinski definition) is 0. The van der Waals surface area contributed by atoms with Crippen LogP contribution in [0.25, 0.3) is 66.0 Å². The van der Waals surface area contributed by atoms with E-state index in [1.165, 1.54) is 0 Å². The predicted molar refractivity (Wildman–Crippen MR) is 286 cm³/mol. The number of benzene rings is 11. The first kappa shape index (κ1) is 39.9. The van der Waals surface area contributed by atoms with Crippen molar-refractivity contribution in [2.75, 3.05) is 14.7 Å². The number of fused-ring (bicyclic) bond motifs is 8. The van der Waals surface area contributed by atoms with E-state index in [2.05, 4.69) is 233 Å². The highest BCUT2D eigenvalue weighted by Gasteiger charge is 2.25. The zero-order valence-corrected chi connectivity index (χ0v) is 37.4. The Morgan fingerprint density at radius 1 is 0.304 bits per heavy atom. The van der Waals surface area contributed by atoms with Gasteiger partial charge in [0.25, 0.3) is 0 Å². The first-order chi connectivity index (χ1) is 34.2. The van der Waals surface area contributed by atoms with E-state index in [0.29, 0.717) is 5.89 Å². The molecular weight excluding hydrogens is 845 g/mol. The molecule has 2 heterocycles. The van der Waals surface area contributed by atoms with E-state index in [9.17, 15) is 0 Å². The van der Waals surface area contributed by atoms with Gasteiger partial charge in [-0.1, -0.05) is 140 Å². The Kier molecular flexibility index (Phi) is 9.72. The number of aromatic nitrogens is 1. The summed E-state index contributed by atoms with van der Waals surface area (Å²) in [6.45, 7) is 0. The Morgan fingerprint density at radius 2 is 0.812 bits per heavy atom. The molecule has 0 amide bonds. The molecule has 0 aliphatic rings. The summed E-state index contributed by atoms with van der Waals surface area (Å²) in [5.41, 5.74) is 13.1. The number of furan rings is 1. The number of oxazole rings is 1. The summed E-state index contributed by atoms with van der Waals surface area (Å²) >= 11 is 0. The minimum Gasteiger partial charge on any atom is -0.456 e. The van der Waals surface area contributed by atoms with E-state index in [1.54, 1.807) is 0 Å². The van der Waals surface area contributed by atoms with Gasteiger partial charge in [0.05, 0.1) is 16.8 Å². The van der Waals surface area contributed by atoms with Crippen molar-refractivity contribution in [1.82, 2.24) is 4.98 Å². The van der Waals surface area contributed by atoms with E-state index in [-0.39, 0.29) is 0 Å². The van der Waals surface area contributed by atoms with Gasteiger partial charge in [0, 0.05) is 62.2 Å². The van der Waals surface area contributed by atoms with E-state index in [1.807, 2.05) is 36.4 Å². The summed E-state index contributed by atoms with van der Waals surface area (Å²) in [5, 5.41) is 6.32. The van der Waals surface area contributed by atoms with Crippen molar-refractivity contribution in [3.63, 3.8) is 0 Å². The lowest BCUT2D eigenvalue weighted by Gasteiger charge is -2.31. The summed E-state index contributed by atoms with van der Waals surface area (Å²) < 4.78 is 13.6. The Bertz CT molecular complexity index is 3890. The number of nitrogens with zero attached hydrogens (tertiary/aromatic N) is 4. The van der Waals surface area contributed by atoms with Gasteiger partial charge in [-0.3, -0.25) is 0 Å². The monoisotopic (exact) mass is 886 g/mol. The molecule has 13 rings (SSSR count). The topological polar surface area (TPSA) is 48.9 Å². The minimum absolute atomic E-state index is 0.596. The fourth-order valence-corrected chi connectivity index (χ4v) is 9.88. The van der Waals surface area contributed by atoms with Crippen LogP contribution in [-0.2, 0) is 0 Å². The van der Waals surface area contributed by atoms with Crippen molar-refractivity contribution in [3.8, 4) is 11.5 Å². The Morgan fingerprint density at radius 3 is 1.46 bits per heavy atom. The number of anilines is 9. The predicted octanol–water partition coefficient (Wildman–Crippen LogP) is 18.1. The van der Waals surface area contributed by atoms with Crippen LogP contribution in [0.2, 0.25) is 0 Å². The van der Waals surface area contributed by atoms with Crippen LogP contribution in [-0.4, -0.2) is 4.98 Å². The third-order valence-corrected chi connectivity index (χ3v) is 13.0. The second kappa shape index (κ2) is 16.8. The van der Waals surface area contributed by atoms with E-state index >= 15 is 0 Å². The number of rotatable bonds is 10. The van der Waals surface area contributed by atoms with Crippen LogP contribution in [0.4, 0.5) is 51.2 Å². The van der Waals surface area contributed by atoms with Crippen LogP contribution < -0.4 is 14.7 Å². The number of hydrogen-bond acceptors (Lipinski definition) is 6. The molecule has 6 nitrogen and oxygen atoms in total. The van der Waals surface area contributed by atoms with Crippen LogP contribution in [0.5, 0.6) is 0 Å². The summed E-state index contributed by atoms with van der Waals surface area (Å²) in [6.07, 6.45) is 0. The average Bonchev–Trinajstić information content (AvgIpc) is 4.03. The third kappa shape index (κ3) is 7.10. The quantitative estimate of drug-likeness (QED) is 0.128. The van der Waals surface area contributed by atoms with Crippen molar-refractivity contribution in [2.45, 2.75) is 0 Å². The molecule has 0 unspecified atom stereocenters. The van der Waals surface area contributed by atoms with Crippen molar-refractivity contribution in [2.24, 2.45) is 0 Å². The van der Waals surface area contributed by atoms with Crippen LogP contribution in [0, 0.1) is 0 Å². The van der Waals surface area contributed by atoms with Crippen LogP contribution in [0.3, 0.4) is 0 Å². The first-order valence-electron chi connectivity index (χ1n) is 23.2. The normalized spacial score (nSPS) is 11.5. The Labute approximate surface area is 398 Å². The van der Waals surface area contributed by atoms with Gasteiger partial charge in [-0.15, -0.1) is 0 Å². The molecule has 0 aliphatic carbocycles. The molecule has 0 atom stereocenters. The first-order valence-corrected chi connectivity index (χ1v) is 23.2. The fourth-order valence-electron chi connectivity index (χ4n) is 9.88. The highest BCUT2D eigenvalue weighted by molar-refractivity contribution is 6.19. The lowest BCUT2D eigenvalue weighted by atomic mass is 9.99. The molecule has 0 N–H and O–H groups in total. The summed E-state index contributed by atoms with van der Waals surface area (Å²) in [4.78, 5) is 12.0. The van der Waals surface area contributed by atoms with E-state index in [0.717, 1.165) is 111 Å². The second-order valence-electron chi connectivity index (χ2n) is 17.2. The lowest BCUT2D eigenvalue weighted by molar-refractivity contribution is 0.623. The SMILES string of the molecule is c1ccc(-c2nc3ccc4ccc5ccc(N(c6cccc(N(c7ccccc7)c7ccccc7)c6)c6cc(N(c7ccccc7)c7ccccc7)c7c(c6)oc6ccccc67)cc5c4c3o2)cc1. The third-order valence-electron chi connectivity index (χ3n) is 13.0. The van der Waals surface area contributed by atoms with Crippen LogP contribution in [0.1, 0.15) is 0 Å². The largest absolute Gasteiger partial charge is 0.456 e. The molecule has 0 radical (unpaired) electrons. The molecule has 0 spiro atoms. The molecule has 0 fully saturated rings. The average molecular weight is 887 g/mol. The van der Waals surface area contributed by atoms with Gasteiger partial charge in [0.1, 0.15) is 16.7 Å². The molecular formula is C63H42N4O2. The maximum absolute atomic E-state index is 6.89. The molecule has 0 saturated carbocycles. The van der Waals surface area contributed by atoms with Crippen molar-refractivity contribution in [3.05, 3.63) is 255 Å². The van der Waals surface area contributed by atoms with Gasteiger partial charge in [0.2, 0.25) is 5.89 Å². The zero-order chi connectivity index (χ0) is 45.7. The lowest BCUT2D eigenvalue weighted by Crippen LogP contribution is -2.14. The van der Waals surface area contributed by atoms with Crippen molar-refractivity contribution >= 4 is 106 Å². The fraction of sp³-hybridized carbons (Fsp3) is 0. The molecule has 0 bridgehead atoms. The summed E-state index contributed by atoms with van der Waals surface area (Å²) in [5.74, 6) is 0.596. The van der Waals surface area contributed by atoms with Gasteiger partial charge in [-0.05, 0) is 125 Å². The minimum atomic E-state index is 0.596. The van der Waals surface area contributed by atoms with Gasteiger partial charge < -0.3 is 23.5 Å². The van der Waals surface area contributed by atoms with Crippen molar-refractivity contribution < 1.29 is 8.83 Å². The van der Waals surface area contributed by atoms with Gasteiger partial charge >= 0.3 is 0 Å². The van der Waals surface area contributed by atoms with Crippen LogP contribution >= 0.6 is 0 Å². The maximum Gasteiger partial charge on any atom is 0.227 e. The maximum atomic E-state index is 6.89. The van der Waals surface area contributed by atoms with Gasteiger partial charge in [0.15, 0.2) is 5.58 Å². The second-order valence-corrected chi connectivity index (χ2v) is 17.2. The molecule has 0 aliphatic heterocycles. The molecule has 0 saturated heterocycles. The summed E-state index contributed by atoms with van der Waals surface area (Å²) in [6, 6.07) is 89.3. The zero-order valence-electron chi connectivity index (χ0n) is 37.4. The molecule has 11 aromatic carbocycles. The highest BCUT2D eigenvalue weighted by atomic mass is 16.3. The molecule has 326 valence electrons. The summed E-state index contributed by atoms with van der Waals surface area (Å²) in [7, 11) is 0. The Balaban J connectivity index is 1.09. The van der Waals surface area contributed by atoms with Crippen LogP contribution in [0.15, 0.2) is 264 Å². The molecule has 2 aromatic heterocycles.